The first kappa shape index (κ1) is 17.3. The average molecular weight is 390 g/mol. The summed E-state index contributed by atoms with van der Waals surface area (Å²) < 4.78 is 56.5. The van der Waals surface area contributed by atoms with Gasteiger partial charge in [0, 0.05) is 13.1 Å². The Morgan fingerprint density at radius 2 is 1.81 bits per heavy atom. The minimum absolute atomic E-state index is 0.0309. The van der Waals surface area contributed by atoms with Crippen LogP contribution in [0.5, 0.6) is 11.5 Å². The van der Waals surface area contributed by atoms with Gasteiger partial charge in [-0.15, -0.1) is 0 Å². The largest absolute Gasteiger partial charge is 0.486 e. The molecule has 7 nitrogen and oxygen atoms in total. The van der Waals surface area contributed by atoms with Gasteiger partial charge in [0.2, 0.25) is 26.6 Å². The van der Waals surface area contributed by atoms with Gasteiger partial charge in [-0.2, -0.15) is 4.98 Å². The predicted octanol–water partition coefficient (Wildman–Crippen LogP) is 3.13. The molecule has 0 atom stereocenters. The van der Waals surface area contributed by atoms with Crippen LogP contribution < -0.4 is 14.8 Å². The van der Waals surface area contributed by atoms with Crippen LogP contribution >= 0.6 is 0 Å². The van der Waals surface area contributed by atoms with Crippen molar-refractivity contribution < 1.29 is 26.7 Å². The minimum Gasteiger partial charge on any atom is -0.486 e. The molecule has 0 unspecified atom stereocenters. The third-order valence-electron chi connectivity index (χ3n) is 4.01. The third-order valence-corrected chi connectivity index (χ3v) is 5.67. The molecule has 27 heavy (non-hydrogen) atoms. The highest BCUT2D eigenvalue weighted by Crippen LogP contribution is 2.37. The van der Waals surface area contributed by atoms with Gasteiger partial charge in [0.25, 0.3) is 0 Å². The fourth-order valence-electron chi connectivity index (χ4n) is 2.70. The van der Waals surface area contributed by atoms with Crippen molar-refractivity contribution in [3.8, 4) is 23.0 Å². The van der Waals surface area contributed by atoms with Crippen LogP contribution in [-0.2, 0) is 9.84 Å². The Bertz CT molecular complexity index is 1110. The number of rotatable bonds is 4. The van der Waals surface area contributed by atoms with E-state index in [1.807, 2.05) is 0 Å². The average Bonchev–Trinajstić information content (AvgIpc) is 3.13. The fourth-order valence-corrected chi connectivity index (χ4v) is 4.02. The summed E-state index contributed by atoms with van der Waals surface area (Å²) in [4.78, 5) is 4.01. The number of oxazole rings is 1. The number of anilines is 1. The quantitative estimate of drug-likeness (QED) is 0.732. The molecule has 3 aromatic rings. The zero-order valence-corrected chi connectivity index (χ0v) is 15.0. The molecule has 1 aromatic heterocycles. The highest BCUT2D eigenvalue weighted by molar-refractivity contribution is 7.91. The third kappa shape index (κ3) is 2.99. The maximum absolute atomic E-state index is 14.0. The summed E-state index contributed by atoms with van der Waals surface area (Å²) in [5.41, 5.74) is 0.0672. The fraction of sp³-hybridized carbons (Fsp3) is 0.167. The number of aromatic nitrogens is 1. The molecule has 0 spiro atoms. The number of benzene rings is 2. The normalized spacial score (nSPS) is 13.4. The summed E-state index contributed by atoms with van der Waals surface area (Å²) in [7, 11) is -2.55. The molecule has 0 amide bonds. The lowest BCUT2D eigenvalue weighted by Crippen LogP contribution is -2.16. The number of hydrogen-bond donors (Lipinski definition) is 1. The van der Waals surface area contributed by atoms with E-state index in [2.05, 4.69) is 10.3 Å². The molecule has 0 bridgehead atoms. The molecule has 140 valence electrons. The van der Waals surface area contributed by atoms with Gasteiger partial charge in [-0.3, -0.25) is 0 Å². The van der Waals surface area contributed by atoms with Crippen LogP contribution in [0.1, 0.15) is 0 Å². The van der Waals surface area contributed by atoms with Crippen LogP contribution in [0.3, 0.4) is 0 Å². The van der Waals surface area contributed by atoms with E-state index in [1.165, 1.54) is 43.4 Å². The van der Waals surface area contributed by atoms with E-state index in [4.69, 9.17) is 13.9 Å². The molecule has 1 aliphatic heterocycles. The topological polar surface area (TPSA) is 90.7 Å². The summed E-state index contributed by atoms with van der Waals surface area (Å²) >= 11 is 0. The van der Waals surface area contributed by atoms with Crippen LogP contribution in [-0.4, -0.2) is 33.7 Å². The van der Waals surface area contributed by atoms with E-state index in [0.29, 0.717) is 24.7 Å². The van der Waals surface area contributed by atoms with Crippen molar-refractivity contribution in [1.29, 1.82) is 0 Å². The molecular formula is C18H15FN2O5S. The molecule has 0 saturated carbocycles. The molecule has 4 rings (SSSR count). The Hall–Kier alpha value is -3.07. The lowest BCUT2D eigenvalue weighted by atomic mass is 10.2. The maximum atomic E-state index is 14.0. The molecule has 2 aromatic carbocycles. The first-order chi connectivity index (χ1) is 13.0. The predicted molar refractivity (Wildman–Crippen MR) is 94.3 cm³/mol. The van der Waals surface area contributed by atoms with Crippen molar-refractivity contribution in [3.05, 3.63) is 48.3 Å². The highest BCUT2D eigenvalue weighted by atomic mass is 32.2. The van der Waals surface area contributed by atoms with E-state index in [0.717, 1.165) is 0 Å². The summed E-state index contributed by atoms with van der Waals surface area (Å²) in [6.07, 6.45) is 0. The van der Waals surface area contributed by atoms with Crippen molar-refractivity contribution >= 4 is 15.7 Å². The Morgan fingerprint density at radius 3 is 2.56 bits per heavy atom. The number of ether oxygens (including phenoxy) is 2. The number of fused-ring (bicyclic) bond motifs is 1. The van der Waals surface area contributed by atoms with E-state index < -0.39 is 15.7 Å². The Balaban J connectivity index is 1.81. The van der Waals surface area contributed by atoms with Gasteiger partial charge in [0.1, 0.15) is 19.0 Å². The summed E-state index contributed by atoms with van der Waals surface area (Å²) in [6, 6.07) is 10.1. The lowest BCUT2D eigenvalue weighted by Gasteiger charge is -2.18. The highest BCUT2D eigenvalue weighted by Gasteiger charge is 2.30. The molecule has 0 radical (unpaired) electrons. The maximum Gasteiger partial charge on any atom is 0.233 e. The SMILES string of the molecule is CNc1oc(-c2ccccc2F)nc1S(=O)(=O)c1ccc2c(c1)OCCO2. The number of sulfone groups is 1. The van der Waals surface area contributed by atoms with Gasteiger partial charge in [-0.05, 0) is 24.3 Å². The van der Waals surface area contributed by atoms with Crippen LogP contribution in [0.15, 0.2) is 56.8 Å². The number of nitrogens with one attached hydrogen (secondary N) is 1. The molecule has 2 heterocycles. The molecule has 0 saturated heterocycles. The van der Waals surface area contributed by atoms with Gasteiger partial charge in [0.05, 0.1) is 10.5 Å². The van der Waals surface area contributed by atoms with Crippen molar-refractivity contribution in [1.82, 2.24) is 4.98 Å². The minimum atomic E-state index is -4.04. The molecule has 1 aliphatic rings. The summed E-state index contributed by atoms with van der Waals surface area (Å²) in [5.74, 6) is 0.0359. The van der Waals surface area contributed by atoms with E-state index in [-0.39, 0.29) is 27.3 Å². The number of halogens is 1. The van der Waals surface area contributed by atoms with Crippen molar-refractivity contribution in [2.24, 2.45) is 0 Å². The lowest BCUT2D eigenvalue weighted by molar-refractivity contribution is 0.171. The number of hydrogen-bond acceptors (Lipinski definition) is 7. The zero-order chi connectivity index (χ0) is 19.0. The van der Waals surface area contributed by atoms with Gasteiger partial charge in [0.15, 0.2) is 11.5 Å². The molecule has 0 fully saturated rings. The second-order valence-corrected chi connectivity index (χ2v) is 7.56. The van der Waals surface area contributed by atoms with E-state index >= 15 is 0 Å². The van der Waals surface area contributed by atoms with Crippen LogP contribution in [0.4, 0.5) is 10.3 Å². The van der Waals surface area contributed by atoms with Crippen LogP contribution in [0.2, 0.25) is 0 Å². The second-order valence-electron chi connectivity index (χ2n) is 5.69. The Labute approximate surface area is 154 Å². The monoisotopic (exact) mass is 390 g/mol. The molecular weight excluding hydrogens is 375 g/mol. The second kappa shape index (κ2) is 6.58. The van der Waals surface area contributed by atoms with Gasteiger partial charge >= 0.3 is 0 Å². The van der Waals surface area contributed by atoms with Gasteiger partial charge in [-0.25, -0.2) is 12.8 Å². The Morgan fingerprint density at radius 1 is 1.07 bits per heavy atom. The molecule has 1 N–H and O–H groups in total. The number of nitrogens with zero attached hydrogens (tertiary/aromatic N) is 1. The van der Waals surface area contributed by atoms with E-state index in [9.17, 15) is 12.8 Å². The summed E-state index contributed by atoms with van der Waals surface area (Å²) in [6.45, 7) is 0.734. The first-order valence-electron chi connectivity index (χ1n) is 8.09. The molecule has 0 aliphatic carbocycles. The van der Waals surface area contributed by atoms with Crippen molar-refractivity contribution in [3.63, 3.8) is 0 Å². The van der Waals surface area contributed by atoms with Crippen LogP contribution in [0, 0.1) is 5.82 Å². The standard InChI is InChI=1S/C18H15FN2O5S/c1-20-17-18(21-16(26-17)12-4-2-3-5-13(12)19)27(22,23)11-6-7-14-15(10-11)25-9-8-24-14/h2-7,10,20H,8-9H2,1H3. The van der Waals surface area contributed by atoms with Gasteiger partial charge < -0.3 is 19.2 Å². The van der Waals surface area contributed by atoms with E-state index in [1.54, 1.807) is 6.07 Å². The molecule has 9 heteroatoms. The van der Waals surface area contributed by atoms with Crippen LogP contribution in [0.25, 0.3) is 11.5 Å². The summed E-state index contributed by atoms with van der Waals surface area (Å²) in [5, 5.41) is 2.32. The van der Waals surface area contributed by atoms with Gasteiger partial charge in [-0.1, -0.05) is 12.1 Å². The van der Waals surface area contributed by atoms with Crippen molar-refractivity contribution in [2.75, 3.05) is 25.6 Å². The smallest absolute Gasteiger partial charge is 0.233 e. The Kier molecular flexibility index (Phi) is 4.23. The van der Waals surface area contributed by atoms with Crippen molar-refractivity contribution in [2.45, 2.75) is 9.92 Å². The first-order valence-corrected chi connectivity index (χ1v) is 9.57. The zero-order valence-electron chi connectivity index (χ0n) is 14.2.